The molecule has 0 atom stereocenters. The van der Waals surface area contributed by atoms with Crippen LogP contribution in [0.25, 0.3) is 104 Å². The van der Waals surface area contributed by atoms with Gasteiger partial charge in [-0.25, -0.2) is 0 Å². The largest absolute Gasteiger partial charge is 0.309 e. The molecule has 0 saturated carbocycles. The highest BCUT2D eigenvalue weighted by Gasteiger charge is 2.18. The van der Waals surface area contributed by atoms with E-state index in [4.69, 9.17) is 0 Å². The first-order valence-corrected chi connectivity index (χ1v) is 18.3. The molecule has 0 aliphatic rings. The van der Waals surface area contributed by atoms with E-state index in [0.717, 1.165) is 0 Å². The van der Waals surface area contributed by atoms with E-state index in [1.54, 1.807) is 0 Å². The van der Waals surface area contributed by atoms with Gasteiger partial charge < -0.3 is 4.57 Å². The Morgan fingerprint density at radius 3 is 1.40 bits per heavy atom. The highest BCUT2D eigenvalue weighted by atomic mass is 15.0. The molecule has 1 heteroatoms. The summed E-state index contributed by atoms with van der Waals surface area (Å²) in [6, 6.07) is 73.5. The first-order chi connectivity index (χ1) is 26.3. The molecule has 246 valence electrons. The number of benzene rings is 10. The van der Waals surface area contributed by atoms with Crippen LogP contribution in [0.15, 0.2) is 200 Å². The molecule has 0 bridgehead atoms. The van der Waals surface area contributed by atoms with Crippen molar-refractivity contribution in [2.45, 2.75) is 0 Å². The molecule has 0 spiro atoms. The number of rotatable bonds is 4. The Morgan fingerprint density at radius 1 is 0.264 bits per heavy atom. The van der Waals surface area contributed by atoms with E-state index in [-0.39, 0.29) is 0 Å². The van der Waals surface area contributed by atoms with Crippen LogP contribution >= 0.6 is 0 Å². The molecule has 1 aromatic heterocycles. The van der Waals surface area contributed by atoms with Gasteiger partial charge in [0, 0.05) is 16.5 Å². The summed E-state index contributed by atoms with van der Waals surface area (Å²) in [4.78, 5) is 0. The molecule has 1 nitrogen and oxygen atoms in total. The van der Waals surface area contributed by atoms with E-state index >= 15 is 0 Å². The highest BCUT2D eigenvalue weighted by Crippen LogP contribution is 2.44. The Kier molecular flexibility index (Phi) is 6.62. The Bertz CT molecular complexity index is 3130. The van der Waals surface area contributed by atoms with Crippen LogP contribution < -0.4 is 0 Å². The number of hydrogen-bond acceptors (Lipinski definition) is 0. The second kappa shape index (κ2) is 11.8. The predicted molar refractivity (Wildman–Crippen MR) is 227 cm³/mol. The molecule has 0 radical (unpaired) electrons. The molecular formula is C52H33N. The smallest absolute Gasteiger partial charge is 0.0547 e. The van der Waals surface area contributed by atoms with Crippen LogP contribution in [-0.2, 0) is 0 Å². The van der Waals surface area contributed by atoms with Gasteiger partial charge in [0.05, 0.1) is 11.0 Å². The van der Waals surface area contributed by atoms with Gasteiger partial charge in [0.25, 0.3) is 0 Å². The van der Waals surface area contributed by atoms with Crippen molar-refractivity contribution in [1.29, 1.82) is 0 Å². The van der Waals surface area contributed by atoms with Crippen LogP contribution in [0, 0.1) is 0 Å². The van der Waals surface area contributed by atoms with Crippen molar-refractivity contribution < 1.29 is 0 Å². The standard InChI is InChI=1S/C52H33N/c1-3-13-35(14-4-1)50-42-19-9-11-21-44(42)51(45-22-12-10-20-43(45)50)36-25-23-34(24-26-36)39-27-29-48-47(33-39)52-46-32-38-16-8-7-15-37(38)31-40(46)28-30-49(52)53(48)41-17-5-2-6-18-41/h1-33H. The van der Waals surface area contributed by atoms with Crippen LogP contribution in [0.3, 0.4) is 0 Å². The summed E-state index contributed by atoms with van der Waals surface area (Å²) in [5.74, 6) is 0. The third kappa shape index (κ3) is 4.64. The summed E-state index contributed by atoms with van der Waals surface area (Å²) < 4.78 is 2.42. The van der Waals surface area contributed by atoms with E-state index in [1.807, 2.05) is 0 Å². The van der Waals surface area contributed by atoms with Crippen LogP contribution in [0.1, 0.15) is 0 Å². The Labute approximate surface area is 307 Å². The lowest BCUT2D eigenvalue weighted by Gasteiger charge is -2.18. The second-order valence-corrected chi connectivity index (χ2v) is 14.1. The minimum absolute atomic E-state index is 1.17. The predicted octanol–water partition coefficient (Wildman–Crippen LogP) is 14.4. The molecule has 53 heavy (non-hydrogen) atoms. The fourth-order valence-electron chi connectivity index (χ4n) is 8.75. The van der Waals surface area contributed by atoms with Crippen molar-refractivity contribution >= 4 is 64.9 Å². The molecule has 0 aliphatic carbocycles. The molecule has 0 N–H and O–H groups in total. The number of aromatic nitrogens is 1. The third-order valence-corrected chi connectivity index (χ3v) is 11.1. The fraction of sp³-hybridized carbons (Fsp3) is 0. The van der Waals surface area contributed by atoms with Gasteiger partial charge in [0.1, 0.15) is 0 Å². The zero-order valence-electron chi connectivity index (χ0n) is 29.0. The average molecular weight is 672 g/mol. The molecule has 0 aliphatic heterocycles. The topological polar surface area (TPSA) is 4.93 Å². The zero-order valence-corrected chi connectivity index (χ0v) is 29.0. The van der Waals surface area contributed by atoms with Gasteiger partial charge in [-0.2, -0.15) is 0 Å². The molecule has 11 rings (SSSR count). The Hall–Kier alpha value is -6.96. The van der Waals surface area contributed by atoms with E-state index in [1.165, 1.54) is 104 Å². The normalized spacial score (nSPS) is 11.8. The van der Waals surface area contributed by atoms with Crippen molar-refractivity contribution in [2.24, 2.45) is 0 Å². The molecule has 1 heterocycles. The number of nitrogens with zero attached hydrogens (tertiary/aromatic N) is 1. The maximum absolute atomic E-state index is 2.42. The zero-order chi connectivity index (χ0) is 34.9. The molecule has 11 aromatic rings. The fourth-order valence-corrected chi connectivity index (χ4v) is 8.75. The van der Waals surface area contributed by atoms with E-state index < -0.39 is 0 Å². The summed E-state index contributed by atoms with van der Waals surface area (Å²) >= 11 is 0. The molecular weight excluding hydrogens is 639 g/mol. The van der Waals surface area contributed by atoms with Gasteiger partial charge in [0.15, 0.2) is 0 Å². The van der Waals surface area contributed by atoms with Crippen LogP contribution in [-0.4, -0.2) is 4.57 Å². The summed E-state index contributed by atoms with van der Waals surface area (Å²) in [6.07, 6.45) is 0. The maximum atomic E-state index is 2.42. The molecule has 0 fully saturated rings. The van der Waals surface area contributed by atoms with Crippen molar-refractivity contribution in [3.63, 3.8) is 0 Å². The number of fused-ring (bicyclic) bond motifs is 8. The molecule has 0 amide bonds. The van der Waals surface area contributed by atoms with Crippen LogP contribution in [0.2, 0.25) is 0 Å². The summed E-state index contributed by atoms with van der Waals surface area (Å²) in [5, 5.41) is 12.7. The first-order valence-electron chi connectivity index (χ1n) is 18.3. The monoisotopic (exact) mass is 671 g/mol. The van der Waals surface area contributed by atoms with Crippen molar-refractivity contribution in [3.05, 3.63) is 200 Å². The van der Waals surface area contributed by atoms with Crippen LogP contribution in [0.4, 0.5) is 0 Å². The highest BCUT2D eigenvalue weighted by molar-refractivity contribution is 6.24. The molecule has 0 unspecified atom stereocenters. The first kappa shape index (κ1) is 29.7. The van der Waals surface area contributed by atoms with Gasteiger partial charge in [-0.05, 0) is 119 Å². The maximum Gasteiger partial charge on any atom is 0.0547 e. The van der Waals surface area contributed by atoms with Gasteiger partial charge in [-0.15, -0.1) is 0 Å². The van der Waals surface area contributed by atoms with Crippen LogP contribution in [0.5, 0.6) is 0 Å². The SMILES string of the molecule is c1ccc(-c2c3ccccc3c(-c3ccc(-c4ccc5c(c4)c4c6cc7ccccc7cc6ccc4n5-c4ccccc4)cc3)c3ccccc23)cc1. The minimum Gasteiger partial charge on any atom is -0.309 e. The van der Waals surface area contributed by atoms with E-state index in [0.29, 0.717) is 0 Å². The number of para-hydroxylation sites is 1. The average Bonchev–Trinajstić information content (AvgIpc) is 3.57. The Morgan fingerprint density at radius 2 is 0.755 bits per heavy atom. The minimum atomic E-state index is 1.17. The lowest BCUT2D eigenvalue weighted by atomic mass is 9.86. The lowest BCUT2D eigenvalue weighted by molar-refractivity contribution is 1.18. The third-order valence-electron chi connectivity index (χ3n) is 11.1. The lowest BCUT2D eigenvalue weighted by Crippen LogP contribution is -1.93. The molecule has 0 saturated heterocycles. The van der Waals surface area contributed by atoms with Crippen molar-refractivity contribution in [1.82, 2.24) is 4.57 Å². The quantitative estimate of drug-likeness (QED) is 0.164. The van der Waals surface area contributed by atoms with E-state index in [2.05, 4.69) is 205 Å². The number of hydrogen-bond donors (Lipinski definition) is 0. The summed E-state index contributed by atoms with van der Waals surface area (Å²) in [7, 11) is 0. The van der Waals surface area contributed by atoms with Gasteiger partial charge in [-0.1, -0.05) is 158 Å². The summed E-state index contributed by atoms with van der Waals surface area (Å²) in [6.45, 7) is 0. The van der Waals surface area contributed by atoms with Gasteiger partial charge in [0.2, 0.25) is 0 Å². The molecule has 10 aromatic carbocycles. The Balaban J connectivity index is 1.11. The van der Waals surface area contributed by atoms with Crippen molar-refractivity contribution in [2.75, 3.05) is 0 Å². The van der Waals surface area contributed by atoms with Gasteiger partial charge >= 0.3 is 0 Å². The van der Waals surface area contributed by atoms with Gasteiger partial charge in [-0.3, -0.25) is 0 Å². The van der Waals surface area contributed by atoms with Crippen molar-refractivity contribution in [3.8, 4) is 39.1 Å². The second-order valence-electron chi connectivity index (χ2n) is 14.1. The summed E-state index contributed by atoms with van der Waals surface area (Å²) in [5.41, 5.74) is 11.1. The van der Waals surface area contributed by atoms with E-state index in [9.17, 15) is 0 Å².